The number of thiazole rings is 1. The first-order valence-corrected chi connectivity index (χ1v) is 5.40. The standard InChI is InChI=1S/C9H10F3NO2S/c1-2-15-4-3-6(14)7-5-13-8(16-7)9(10,11)12/h5H,2-4H2,1H3. The summed E-state index contributed by atoms with van der Waals surface area (Å²) in [6.07, 6.45) is -3.45. The van der Waals surface area contributed by atoms with Crippen molar-refractivity contribution in [2.24, 2.45) is 0 Å². The molecule has 0 aliphatic carbocycles. The first kappa shape index (κ1) is 13.1. The zero-order chi connectivity index (χ0) is 12.2. The van der Waals surface area contributed by atoms with Gasteiger partial charge in [0, 0.05) is 19.2 Å². The molecule has 0 N–H and O–H groups in total. The summed E-state index contributed by atoms with van der Waals surface area (Å²) >= 11 is 0.365. The predicted molar refractivity (Wildman–Crippen MR) is 52.6 cm³/mol. The molecule has 1 rings (SSSR count). The Balaban J connectivity index is 2.60. The molecule has 0 unspecified atom stereocenters. The van der Waals surface area contributed by atoms with E-state index in [1.165, 1.54) is 0 Å². The van der Waals surface area contributed by atoms with E-state index in [2.05, 4.69) is 4.98 Å². The van der Waals surface area contributed by atoms with E-state index in [0.717, 1.165) is 6.20 Å². The SMILES string of the molecule is CCOCCC(=O)c1cnc(C(F)(F)F)s1. The molecule has 1 aromatic rings. The number of ether oxygens (including phenoxy) is 1. The van der Waals surface area contributed by atoms with Gasteiger partial charge in [-0.15, -0.1) is 11.3 Å². The number of Topliss-reactive ketones (excluding diaryl/α,β-unsaturated/α-hetero) is 1. The van der Waals surface area contributed by atoms with Crippen molar-refractivity contribution < 1.29 is 22.7 Å². The zero-order valence-corrected chi connectivity index (χ0v) is 9.32. The van der Waals surface area contributed by atoms with Crippen LogP contribution in [0.2, 0.25) is 0 Å². The van der Waals surface area contributed by atoms with E-state index in [9.17, 15) is 18.0 Å². The molecular weight excluding hydrogens is 243 g/mol. The molecule has 1 heterocycles. The minimum Gasteiger partial charge on any atom is -0.381 e. The van der Waals surface area contributed by atoms with E-state index in [-0.39, 0.29) is 23.7 Å². The van der Waals surface area contributed by atoms with Crippen molar-refractivity contribution in [1.82, 2.24) is 4.98 Å². The summed E-state index contributed by atoms with van der Waals surface area (Å²) in [5.74, 6) is -0.374. The lowest BCUT2D eigenvalue weighted by Gasteiger charge is -1.99. The zero-order valence-electron chi connectivity index (χ0n) is 8.50. The Labute approximate surface area is 94.3 Å². The van der Waals surface area contributed by atoms with Crippen LogP contribution in [0.5, 0.6) is 0 Å². The fourth-order valence-corrected chi connectivity index (χ4v) is 1.72. The maximum absolute atomic E-state index is 12.2. The Morgan fingerprint density at radius 1 is 1.56 bits per heavy atom. The highest BCUT2D eigenvalue weighted by molar-refractivity contribution is 7.13. The quantitative estimate of drug-likeness (QED) is 0.598. The average molecular weight is 253 g/mol. The topological polar surface area (TPSA) is 39.2 Å². The van der Waals surface area contributed by atoms with Crippen LogP contribution in [0.3, 0.4) is 0 Å². The van der Waals surface area contributed by atoms with Crippen molar-refractivity contribution in [3.8, 4) is 0 Å². The van der Waals surface area contributed by atoms with E-state index in [0.29, 0.717) is 17.9 Å². The number of hydrogen-bond acceptors (Lipinski definition) is 4. The van der Waals surface area contributed by atoms with Gasteiger partial charge < -0.3 is 4.74 Å². The third kappa shape index (κ3) is 3.57. The van der Waals surface area contributed by atoms with Crippen molar-refractivity contribution in [2.75, 3.05) is 13.2 Å². The summed E-state index contributed by atoms with van der Waals surface area (Å²) < 4.78 is 41.5. The molecule has 3 nitrogen and oxygen atoms in total. The van der Waals surface area contributed by atoms with Gasteiger partial charge in [0.25, 0.3) is 0 Å². The van der Waals surface area contributed by atoms with Crippen LogP contribution in [-0.2, 0) is 10.9 Å². The minimum atomic E-state index is -4.48. The number of nitrogens with zero attached hydrogens (tertiary/aromatic N) is 1. The maximum Gasteiger partial charge on any atom is 0.443 e. The molecule has 1 aromatic heterocycles. The second-order valence-corrected chi connectivity index (χ2v) is 3.93. The number of rotatable bonds is 5. The monoisotopic (exact) mass is 253 g/mol. The number of aromatic nitrogens is 1. The van der Waals surface area contributed by atoms with Crippen molar-refractivity contribution in [3.63, 3.8) is 0 Å². The molecule has 0 saturated heterocycles. The van der Waals surface area contributed by atoms with Gasteiger partial charge in [-0.05, 0) is 6.92 Å². The Kier molecular flexibility index (Phi) is 4.43. The summed E-state index contributed by atoms with van der Waals surface area (Å²) in [7, 11) is 0. The van der Waals surface area contributed by atoms with Gasteiger partial charge in [-0.1, -0.05) is 0 Å². The summed E-state index contributed by atoms with van der Waals surface area (Å²) in [5, 5.41) is -0.993. The van der Waals surface area contributed by atoms with E-state index in [1.807, 2.05) is 0 Å². The highest BCUT2D eigenvalue weighted by Crippen LogP contribution is 2.32. The number of halogens is 3. The highest BCUT2D eigenvalue weighted by atomic mass is 32.1. The van der Waals surface area contributed by atoms with Gasteiger partial charge in [-0.25, -0.2) is 4.98 Å². The third-order valence-corrected chi connectivity index (χ3v) is 2.78. The number of carbonyl (C=O) groups is 1. The number of hydrogen-bond donors (Lipinski definition) is 0. The van der Waals surface area contributed by atoms with Gasteiger partial charge in [0.1, 0.15) is 0 Å². The third-order valence-electron chi connectivity index (χ3n) is 1.70. The number of ketones is 1. The van der Waals surface area contributed by atoms with Crippen molar-refractivity contribution in [3.05, 3.63) is 16.1 Å². The van der Waals surface area contributed by atoms with Crippen LogP contribution in [0.1, 0.15) is 28.0 Å². The van der Waals surface area contributed by atoms with E-state index in [4.69, 9.17) is 4.74 Å². The molecule has 0 radical (unpaired) electrons. The maximum atomic E-state index is 12.2. The lowest BCUT2D eigenvalue weighted by molar-refractivity contribution is -0.137. The molecule has 90 valence electrons. The van der Waals surface area contributed by atoms with Crippen LogP contribution < -0.4 is 0 Å². The van der Waals surface area contributed by atoms with Gasteiger partial charge in [0.05, 0.1) is 11.5 Å². The molecule has 0 atom stereocenters. The van der Waals surface area contributed by atoms with Gasteiger partial charge in [0.2, 0.25) is 0 Å². The van der Waals surface area contributed by atoms with E-state index < -0.39 is 11.2 Å². The van der Waals surface area contributed by atoms with Crippen molar-refractivity contribution >= 4 is 17.1 Å². The first-order valence-electron chi connectivity index (χ1n) is 4.59. The second-order valence-electron chi connectivity index (χ2n) is 2.90. The molecule has 0 bridgehead atoms. The van der Waals surface area contributed by atoms with Crippen LogP contribution in [-0.4, -0.2) is 24.0 Å². The summed E-state index contributed by atoms with van der Waals surface area (Å²) in [5.41, 5.74) is 0. The number of alkyl halides is 3. The number of carbonyl (C=O) groups excluding carboxylic acids is 1. The summed E-state index contributed by atoms with van der Waals surface area (Å²) in [6.45, 7) is 2.47. The van der Waals surface area contributed by atoms with Gasteiger partial charge in [-0.2, -0.15) is 13.2 Å². The van der Waals surface area contributed by atoms with Crippen LogP contribution in [0, 0.1) is 0 Å². The smallest absolute Gasteiger partial charge is 0.381 e. The van der Waals surface area contributed by atoms with Gasteiger partial charge in [-0.3, -0.25) is 4.79 Å². The Hall–Kier alpha value is -0.950. The van der Waals surface area contributed by atoms with Crippen LogP contribution in [0.25, 0.3) is 0 Å². The molecule has 0 amide bonds. The highest BCUT2D eigenvalue weighted by Gasteiger charge is 2.35. The molecule has 0 saturated carbocycles. The lowest BCUT2D eigenvalue weighted by Crippen LogP contribution is -2.03. The molecule has 0 aromatic carbocycles. The van der Waals surface area contributed by atoms with E-state index in [1.54, 1.807) is 6.92 Å². The molecule has 0 fully saturated rings. The molecule has 0 aliphatic heterocycles. The fourth-order valence-electron chi connectivity index (χ4n) is 0.966. The van der Waals surface area contributed by atoms with E-state index >= 15 is 0 Å². The Morgan fingerprint density at radius 3 is 2.75 bits per heavy atom. The first-order chi connectivity index (χ1) is 7.45. The lowest BCUT2D eigenvalue weighted by atomic mass is 10.3. The van der Waals surface area contributed by atoms with Gasteiger partial charge in [0.15, 0.2) is 10.8 Å². The summed E-state index contributed by atoms with van der Waals surface area (Å²) in [4.78, 5) is 14.6. The fraction of sp³-hybridized carbons (Fsp3) is 0.556. The van der Waals surface area contributed by atoms with Crippen LogP contribution in [0.15, 0.2) is 6.20 Å². The molecule has 7 heteroatoms. The molecular formula is C9H10F3NO2S. The Bertz CT molecular complexity index is 362. The molecule has 0 aliphatic rings. The van der Waals surface area contributed by atoms with Crippen LogP contribution >= 0.6 is 11.3 Å². The molecule has 0 spiro atoms. The summed E-state index contributed by atoms with van der Waals surface area (Å²) in [6, 6.07) is 0. The van der Waals surface area contributed by atoms with Gasteiger partial charge >= 0.3 is 6.18 Å². The normalized spacial score (nSPS) is 11.8. The van der Waals surface area contributed by atoms with Crippen molar-refractivity contribution in [2.45, 2.75) is 19.5 Å². The van der Waals surface area contributed by atoms with Crippen molar-refractivity contribution in [1.29, 1.82) is 0 Å². The second kappa shape index (κ2) is 5.40. The largest absolute Gasteiger partial charge is 0.443 e. The average Bonchev–Trinajstić information content (AvgIpc) is 2.66. The molecule has 16 heavy (non-hydrogen) atoms. The minimum absolute atomic E-state index is 0.0204. The predicted octanol–water partition coefficient (Wildman–Crippen LogP) is 2.77. The Morgan fingerprint density at radius 2 is 2.25 bits per heavy atom. The van der Waals surface area contributed by atoms with Crippen LogP contribution in [0.4, 0.5) is 13.2 Å².